The van der Waals surface area contributed by atoms with Gasteiger partial charge >= 0.3 is 5.69 Å². The molecule has 0 aliphatic heterocycles. The molecule has 0 atom stereocenters. The lowest BCUT2D eigenvalue weighted by Gasteiger charge is -2.17. The molecular formula is C23H22ClN3O5. The third kappa shape index (κ3) is 5.31. The number of fused-ring (bicyclic) bond motifs is 1. The van der Waals surface area contributed by atoms with Gasteiger partial charge < -0.3 is 4.57 Å². The van der Waals surface area contributed by atoms with Gasteiger partial charge in [-0.25, -0.2) is 23.2 Å². The SMILES string of the molecule is Cn1c(/C=C/c2c(-c3ccccc3)n(C)c3ccccc23)cc[n+](C)c1=O.[O-][Cl+3]([O-])([O-])[O-]. The summed E-state index contributed by atoms with van der Waals surface area (Å²) in [7, 11) is 0.706. The van der Waals surface area contributed by atoms with Gasteiger partial charge in [0.05, 0.1) is 26.0 Å². The Balaban J connectivity index is 0.000000523. The molecule has 9 heteroatoms. The average Bonchev–Trinajstić information content (AvgIpc) is 3.03. The molecule has 0 N–H and O–H groups in total. The molecule has 0 fully saturated rings. The summed E-state index contributed by atoms with van der Waals surface area (Å²) in [5, 5.41) is 1.20. The van der Waals surface area contributed by atoms with Crippen LogP contribution in [0.1, 0.15) is 11.3 Å². The normalized spacial score (nSPS) is 11.6. The van der Waals surface area contributed by atoms with E-state index in [1.807, 2.05) is 18.2 Å². The van der Waals surface area contributed by atoms with Crippen molar-refractivity contribution in [3.8, 4) is 11.3 Å². The third-order valence-electron chi connectivity index (χ3n) is 5.06. The Morgan fingerprint density at radius 2 is 1.44 bits per heavy atom. The topological polar surface area (TPSA) is 123 Å². The second-order valence-corrected chi connectivity index (χ2v) is 7.86. The van der Waals surface area contributed by atoms with Crippen LogP contribution in [0.15, 0.2) is 71.7 Å². The van der Waals surface area contributed by atoms with Crippen LogP contribution < -0.4 is 28.9 Å². The minimum Gasteiger partial charge on any atom is -0.343 e. The van der Waals surface area contributed by atoms with Gasteiger partial charge in [-0.15, -0.1) is 10.2 Å². The van der Waals surface area contributed by atoms with E-state index in [-0.39, 0.29) is 5.69 Å². The minimum absolute atomic E-state index is 0.0432. The maximum absolute atomic E-state index is 12.2. The molecule has 4 aromatic rings. The van der Waals surface area contributed by atoms with Crippen LogP contribution in [0.25, 0.3) is 34.3 Å². The molecule has 8 nitrogen and oxygen atoms in total. The van der Waals surface area contributed by atoms with Crippen molar-refractivity contribution in [2.45, 2.75) is 0 Å². The number of aromatic nitrogens is 3. The lowest BCUT2D eigenvalue weighted by Crippen LogP contribution is -2.68. The van der Waals surface area contributed by atoms with E-state index in [2.05, 4.69) is 66.2 Å². The summed E-state index contributed by atoms with van der Waals surface area (Å²) in [6, 6.07) is 20.8. The fraction of sp³-hybridized carbons (Fsp3) is 0.130. The van der Waals surface area contributed by atoms with Gasteiger partial charge in [0.2, 0.25) is 0 Å². The van der Waals surface area contributed by atoms with Gasteiger partial charge in [0, 0.05) is 29.6 Å². The van der Waals surface area contributed by atoms with Crippen LogP contribution in [0.2, 0.25) is 0 Å². The first-order valence-corrected chi connectivity index (χ1v) is 10.8. The van der Waals surface area contributed by atoms with Gasteiger partial charge in [0.1, 0.15) is 5.69 Å². The molecule has 0 saturated heterocycles. The van der Waals surface area contributed by atoms with Crippen LogP contribution in [0, 0.1) is 10.2 Å². The van der Waals surface area contributed by atoms with Gasteiger partial charge in [-0.05, 0) is 23.8 Å². The lowest BCUT2D eigenvalue weighted by molar-refractivity contribution is -2.00. The maximum Gasteiger partial charge on any atom is 0.497 e. The predicted molar refractivity (Wildman–Crippen MR) is 110 cm³/mol. The average molecular weight is 456 g/mol. The molecule has 0 spiro atoms. The Morgan fingerprint density at radius 1 is 0.844 bits per heavy atom. The van der Waals surface area contributed by atoms with Crippen molar-refractivity contribution in [1.29, 1.82) is 0 Å². The molecule has 0 radical (unpaired) electrons. The summed E-state index contributed by atoms with van der Waals surface area (Å²) in [6.45, 7) is 0. The highest BCUT2D eigenvalue weighted by Gasteiger charge is 2.15. The van der Waals surface area contributed by atoms with Crippen molar-refractivity contribution in [3.63, 3.8) is 0 Å². The van der Waals surface area contributed by atoms with E-state index >= 15 is 0 Å². The Labute approximate surface area is 186 Å². The first-order valence-electron chi connectivity index (χ1n) is 9.56. The summed E-state index contributed by atoms with van der Waals surface area (Å²) in [4.78, 5) is 12.2. The van der Waals surface area contributed by atoms with Crippen molar-refractivity contribution < 1.29 is 33.4 Å². The number of halogens is 1. The van der Waals surface area contributed by atoms with E-state index in [4.69, 9.17) is 18.6 Å². The number of hydrogen-bond donors (Lipinski definition) is 0. The number of rotatable bonds is 3. The van der Waals surface area contributed by atoms with Crippen molar-refractivity contribution >= 4 is 23.1 Å². The minimum atomic E-state index is -4.94. The highest BCUT2D eigenvalue weighted by molar-refractivity contribution is 5.99. The van der Waals surface area contributed by atoms with Gasteiger partial charge in [-0.1, -0.05) is 48.5 Å². The molecule has 2 aromatic heterocycles. The van der Waals surface area contributed by atoms with Gasteiger partial charge in [0.15, 0.2) is 0 Å². The predicted octanol–water partition coefficient (Wildman–Crippen LogP) is -1.22. The molecule has 0 unspecified atom stereocenters. The largest absolute Gasteiger partial charge is 0.497 e. The van der Waals surface area contributed by atoms with Crippen LogP contribution >= 0.6 is 0 Å². The molecule has 4 rings (SSSR count). The number of para-hydroxylation sites is 1. The van der Waals surface area contributed by atoms with Crippen LogP contribution in [0.5, 0.6) is 0 Å². The molecule has 0 aliphatic carbocycles. The molecule has 0 aliphatic rings. The van der Waals surface area contributed by atoms with Crippen molar-refractivity contribution in [1.82, 2.24) is 9.13 Å². The van der Waals surface area contributed by atoms with Crippen molar-refractivity contribution in [2.75, 3.05) is 0 Å². The second-order valence-electron chi connectivity index (χ2n) is 7.11. The zero-order valence-electron chi connectivity index (χ0n) is 17.8. The Hall–Kier alpha value is -3.27. The number of benzene rings is 2. The van der Waals surface area contributed by atoms with Crippen LogP contribution in [-0.4, -0.2) is 9.13 Å². The number of hydrogen-bond acceptors (Lipinski definition) is 5. The summed E-state index contributed by atoms with van der Waals surface area (Å²) >= 11 is 0. The maximum atomic E-state index is 12.2. The first-order chi connectivity index (χ1) is 15.1. The summed E-state index contributed by atoms with van der Waals surface area (Å²) in [6.07, 6.45) is 5.91. The zero-order chi connectivity index (χ0) is 23.5. The molecule has 0 bridgehead atoms. The Bertz CT molecular complexity index is 1320. The standard InChI is InChI=1S/C23H22N3O.ClHO4/c1-24-16-15-18(25(2)23(24)27)13-14-20-19-11-7-8-12-21(19)26(3)22(20)17-9-5-4-6-10-17;2-1(3,4)5/h4-16H,1-3H3;(H,2,3,4,5)/q+1;/p-1. The third-order valence-corrected chi connectivity index (χ3v) is 5.06. The molecular weight excluding hydrogens is 434 g/mol. The van der Waals surface area contributed by atoms with E-state index < -0.39 is 10.2 Å². The van der Waals surface area contributed by atoms with E-state index in [0.29, 0.717) is 0 Å². The number of aryl methyl sites for hydroxylation is 2. The quantitative estimate of drug-likeness (QED) is 0.358. The van der Waals surface area contributed by atoms with E-state index in [9.17, 15) is 4.79 Å². The highest BCUT2D eigenvalue weighted by atomic mass is 35.7. The highest BCUT2D eigenvalue weighted by Crippen LogP contribution is 2.34. The summed E-state index contributed by atoms with van der Waals surface area (Å²) in [5.41, 5.74) is 5.50. The van der Waals surface area contributed by atoms with Gasteiger partial charge in [-0.2, -0.15) is 9.36 Å². The van der Waals surface area contributed by atoms with Crippen molar-refractivity contribution in [2.24, 2.45) is 21.1 Å². The monoisotopic (exact) mass is 455 g/mol. The van der Waals surface area contributed by atoms with E-state index in [1.165, 1.54) is 22.2 Å². The fourth-order valence-electron chi connectivity index (χ4n) is 3.58. The molecule has 0 saturated carbocycles. The molecule has 166 valence electrons. The van der Waals surface area contributed by atoms with Crippen molar-refractivity contribution in [3.05, 3.63) is 88.6 Å². The molecule has 2 heterocycles. The van der Waals surface area contributed by atoms with E-state index in [1.54, 1.807) is 29.4 Å². The molecule has 0 amide bonds. The van der Waals surface area contributed by atoms with E-state index in [0.717, 1.165) is 11.3 Å². The lowest BCUT2D eigenvalue weighted by atomic mass is 10.0. The fourth-order valence-corrected chi connectivity index (χ4v) is 3.58. The second kappa shape index (κ2) is 9.47. The molecule has 2 aromatic carbocycles. The van der Waals surface area contributed by atoms with Crippen LogP contribution in [0.4, 0.5) is 0 Å². The Kier molecular flexibility index (Phi) is 6.93. The summed E-state index contributed by atoms with van der Waals surface area (Å²) in [5.74, 6) is 0. The summed E-state index contributed by atoms with van der Waals surface area (Å²) < 4.78 is 39.4. The first kappa shape index (κ1) is 23.4. The van der Waals surface area contributed by atoms with Crippen LogP contribution in [-0.2, 0) is 21.1 Å². The van der Waals surface area contributed by atoms with Crippen LogP contribution in [0.3, 0.4) is 0 Å². The molecule has 32 heavy (non-hydrogen) atoms. The Morgan fingerprint density at radius 3 is 2.09 bits per heavy atom. The van der Waals surface area contributed by atoms with Gasteiger partial charge in [-0.3, -0.25) is 0 Å². The van der Waals surface area contributed by atoms with Gasteiger partial charge in [0.25, 0.3) is 0 Å². The number of nitrogens with zero attached hydrogens (tertiary/aromatic N) is 3. The zero-order valence-corrected chi connectivity index (χ0v) is 18.5. The smallest absolute Gasteiger partial charge is 0.343 e.